The number of hydrogen-bond donors (Lipinski definition) is 1. The van der Waals surface area contributed by atoms with Crippen LogP contribution < -0.4 is 10.1 Å². The fourth-order valence-electron chi connectivity index (χ4n) is 1.61. The van der Waals surface area contributed by atoms with E-state index in [-0.39, 0.29) is 6.10 Å². The Kier molecular flexibility index (Phi) is 3.01. The lowest BCUT2D eigenvalue weighted by Gasteiger charge is -2.10. The molecule has 2 aromatic rings. The summed E-state index contributed by atoms with van der Waals surface area (Å²) in [4.78, 5) is 4.50. The van der Waals surface area contributed by atoms with Gasteiger partial charge < -0.3 is 10.1 Å². The lowest BCUT2D eigenvalue weighted by molar-refractivity contribution is 0.242. The SMILES string of the molecule is CNc1nc2c(C)cc(OC(C)C)cc2s1. The van der Waals surface area contributed by atoms with Crippen molar-refractivity contribution in [1.82, 2.24) is 4.98 Å². The maximum Gasteiger partial charge on any atom is 0.183 e. The summed E-state index contributed by atoms with van der Waals surface area (Å²) in [5.74, 6) is 0.923. The Labute approximate surface area is 99.5 Å². The number of fused-ring (bicyclic) bond motifs is 1. The second-order valence-electron chi connectivity index (χ2n) is 4.02. The van der Waals surface area contributed by atoms with Gasteiger partial charge in [0.25, 0.3) is 0 Å². The number of rotatable bonds is 3. The lowest BCUT2D eigenvalue weighted by atomic mass is 10.2. The Hall–Kier alpha value is -1.29. The average Bonchev–Trinajstić information content (AvgIpc) is 2.60. The Balaban J connectivity index is 2.48. The van der Waals surface area contributed by atoms with Gasteiger partial charge in [0.1, 0.15) is 5.75 Å². The Morgan fingerprint density at radius 3 is 2.75 bits per heavy atom. The van der Waals surface area contributed by atoms with Crippen molar-refractivity contribution in [3.05, 3.63) is 17.7 Å². The molecule has 1 heterocycles. The molecule has 0 amide bonds. The van der Waals surface area contributed by atoms with Crippen molar-refractivity contribution in [2.45, 2.75) is 26.9 Å². The van der Waals surface area contributed by atoms with Crippen molar-refractivity contribution < 1.29 is 4.74 Å². The minimum atomic E-state index is 0.202. The first kappa shape index (κ1) is 11.2. The van der Waals surface area contributed by atoms with Crippen LogP contribution in [0.3, 0.4) is 0 Å². The number of aryl methyl sites for hydroxylation is 1. The van der Waals surface area contributed by atoms with Crippen LogP contribution in [0.1, 0.15) is 19.4 Å². The zero-order valence-electron chi connectivity index (χ0n) is 10.00. The molecule has 1 N–H and O–H groups in total. The average molecular weight is 236 g/mol. The van der Waals surface area contributed by atoms with E-state index in [1.807, 2.05) is 27.0 Å². The van der Waals surface area contributed by atoms with Crippen LogP contribution in [0.4, 0.5) is 5.13 Å². The summed E-state index contributed by atoms with van der Waals surface area (Å²) in [5, 5.41) is 4.01. The van der Waals surface area contributed by atoms with E-state index in [2.05, 4.69) is 23.3 Å². The molecule has 3 nitrogen and oxygen atoms in total. The highest BCUT2D eigenvalue weighted by Gasteiger charge is 2.08. The minimum Gasteiger partial charge on any atom is -0.491 e. The summed E-state index contributed by atoms with van der Waals surface area (Å²) in [7, 11) is 1.89. The molecule has 0 aliphatic heterocycles. The van der Waals surface area contributed by atoms with Gasteiger partial charge in [-0.1, -0.05) is 11.3 Å². The monoisotopic (exact) mass is 236 g/mol. The van der Waals surface area contributed by atoms with Crippen molar-refractivity contribution >= 4 is 26.7 Å². The molecule has 0 saturated heterocycles. The van der Waals surface area contributed by atoms with Crippen LogP contribution in [0.5, 0.6) is 5.75 Å². The molecule has 86 valence electrons. The summed E-state index contributed by atoms with van der Waals surface area (Å²) in [5.41, 5.74) is 2.22. The number of ether oxygens (including phenoxy) is 1. The van der Waals surface area contributed by atoms with Gasteiger partial charge in [0.2, 0.25) is 0 Å². The summed E-state index contributed by atoms with van der Waals surface area (Å²) in [6.07, 6.45) is 0.202. The van der Waals surface area contributed by atoms with E-state index in [0.717, 1.165) is 22.0 Å². The number of nitrogens with one attached hydrogen (secondary N) is 1. The predicted octanol–water partition coefficient (Wildman–Crippen LogP) is 3.43. The Bertz CT molecular complexity index is 505. The summed E-state index contributed by atoms with van der Waals surface area (Å²) >= 11 is 1.65. The number of aromatic nitrogens is 1. The van der Waals surface area contributed by atoms with Crippen LogP contribution in [0, 0.1) is 6.92 Å². The highest BCUT2D eigenvalue weighted by Crippen LogP contribution is 2.31. The van der Waals surface area contributed by atoms with Crippen molar-refractivity contribution in [3.63, 3.8) is 0 Å². The molecule has 0 saturated carbocycles. The summed E-state index contributed by atoms with van der Waals surface area (Å²) in [6.45, 7) is 6.13. The smallest absolute Gasteiger partial charge is 0.183 e. The maximum atomic E-state index is 5.70. The molecule has 0 spiro atoms. The third-order valence-electron chi connectivity index (χ3n) is 2.24. The number of benzene rings is 1. The molecule has 1 aromatic heterocycles. The van der Waals surface area contributed by atoms with Crippen molar-refractivity contribution in [3.8, 4) is 5.75 Å². The van der Waals surface area contributed by atoms with E-state index in [1.165, 1.54) is 4.70 Å². The normalized spacial score (nSPS) is 11.1. The van der Waals surface area contributed by atoms with Crippen LogP contribution in [0.25, 0.3) is 10.2 Å². The molecule has 0 unspecified atom stereocenters. The van der Waals surface area contributed by atoms with E-state index in [9.17, 15) is 0 Å². The highest BCUT2D eigenvalue weighted by molar-refractivity contribution is 7.22. The number of anilines is 1. The van der Waals surface area contributed by atoms with Crippen LogP contribution in [-0.2, 0) is 0 Å². The molecular formula is C12H16N2OS. The fraction of sp³-hybridized carbons (Fsp3) is 0.417. The molecule has 0 bridgehead atoms. The lowest BCUT2D eigenvalue weighted by Crippen LogP contribution is -2.05. The van der Waals surface area contributed by atoms with Gasteiger partial charge in [0.05, 0.1) is 16.3 Å². The molecule has 0 aliphatic carbocycles. The van der Waals surface area contributed by atoms with Crippen molar-refractivity contribution in [1.29, 1.82) is 0 Å². The highest BCUT2D eigenvalue weighted by atomic mass is 32.1. The van der Waals surface area contributed by atoms with Gasteiger partial charge >= 0.3 is 0 Å². The third kappa shape index (κ3) is 2.11. The van der Waals surface area contributed by atoms with Gasteiger partial charge in [-0.05, 0) is 38.5 Å². The van der Waals surface area contributed by atoms with Gasteiger partial charge in [-0.25, -0.2) is 4.98 Å². The van der Waals surface area contributed by atoms with E-state index >= 15 is 0 Å². The fourth-order valence-corrected chi connectivity index (χ4v) is 2.54. The van der Waals surface area contributed by atoms with Gasteiger partial charge in [-0.3, -0.25) is 0 Å². The maximum absolute atomic E-state index is 5.70. The predicted molar refractivity (Wildman–Crippen MR) is 69.7 cm³/mol. The standard InChI is InChI=1S/C12H16N2OS/c1-7(2)15-9-5-8(3)11-10(6-9)16-12(13-4)14-11/h5-7H,1-4H3,(H,13,14). The first-order chi connectivity index (χ1) is 7.60. The number of hydrogen-bond acceptors (Lipinski definition) is 4. The second-order valence-corrected chi connectivity index (χ2v) is 5.05. The van der Waals surface area contributed by atoms with Crippen LogP contribution in [0.2, 0.25) is 0 Å². The first-order valence-corrected chi connectivity index (χ1v) is 6.17. The largest absolute Gasteiger partial charge is 0.491 e. The summed E-state index contributed by atoms with van der Waals surface area (Å²) in [6, 6.07) is 4.10. The molecule has 1 aromatic carbocycles. The minimum absolute atomic E-state index is 0.202. The topological polar surface area (TPSA) is 34.2 Å². The van der Waals surface area contributed by atoms with E-state index in [0.29, 0.717) is 0 Å². The molecule has 0 radical (unpaired) electrons. The number of nitrogens with zero attached hydrogens (tertiary/aromatic N) is 1. The van der Waals surface area contributed by atoms with Gasteiger partial charge in [0, 0.05) is 7.05 Å². The molecule has 2 rings (SSSR count). The van der Waals surface area contributed by atoms with Gasteiger partial charge in [-0.15, -0.1) is 0 Å². The number of thiazole rings is 1. The van der Waals surface area contributed by atoms with E-state index < -0.39 is 0 Å². The van der Waals surface area contributed by atoms with Crippen LogP contribution in [0.15, 0.2) is 12.1 Å². The molecule has 16 heavy (non-hydrogen) atoms. The first-order valence-electron chi connectivity index (χ1n) is 5.35. The van der Waals surface area contributed by atoms with Gasteiger partial charge in [-0.2, -0.15) is 0 Å². The molecular weight excluding hydrogens is 220 g/mol. The quantitative estimate of drug-likeness (QED) is 0.886. The molecule has 0 atom stereocenters. The van der Waals surface area contributed by atoms with Gasteiger partial charge in [0.15, 0.2) is 5.13 Å². The van der Waals surface area contributed by atoms with Crippen molar-refractivity contribution in [2.24, 2.45) is 0 Å². The van der Waals surface area contributed by atoms with Crippen LogP contribution in [-0.4, -0.2) is 18.1 Å². The second kappa shape index (κ2) is 4.29. The third-order valence-corrected chi connectivity index (χ3v) is 3.26. The zero-order chi connectivity index (χ0) is 11.7. The van der Waals surface area contributed by atoms with Crippen molar-refractivity contribution in [2.75, 3.05) is 12.4 Å². The Morgan fingerprint density at radius 1 is 1.38 bits per heavy atom. The van der Waals surface area contributed by atoms with E-state index in [1.54, 1.807) is 11.3 Å². The van der Waals surface area contributed by atoms with Crippen LogP contribution >= 0.6 is 11.3 Å². The Morgan fingerprint density at radius 2 is 2.12 bits per heavy atom. The molecule has 0 aliphatic rings. The summed E-state index contributed by atoms with van der Waals surface area (Å²) < 4.78 is 6.87. The zero-order valence-corrected chi connectivity index (χ0v) is 10.8. The molecule has 4 heteroatoms. The van der Waals surface area contributed by atoms with E-state index in [4.69, 9.17) is 4.74 Å². The molecule has 0 fully saturated rings.